The van der Waals surface area contributed by atoms with Crippen LogP contribution in [0, 0.1) is 12.7 Å². The number of rotatable bonds is 2. The van der Waals surface area contributed by atoms with E-state index in [-0.39, 0.29) is 5.46 Å². The summed E-state index contributed by atoms with van der Waals surface area (Å²) in [7, 11) is -1.53. The summed E-state index contributed by atoms with van der Waals surface area (Å²) in [5.74, 6) is -0.477. The third-order valence-electron chi connectivity index (χ3n) is 1.71. The quantitative estimate of drug-likeness (QED) is 0.651. The van der Waals surface area contributed by atoms with E-state index in [1.807, 2.05) is 0 Å². The van der Waals surface area contributed by atoms with Crippen molar-refractivity contribution in [1.29, 1.82) is 0 Å². The molecule has 1 rings (SSSR count). The maximum absolute atomic E-state index is 13.0. The molecule has 0 aliphatic rings. The summed E-state index contributed by atoms with van der Waals surface area (Å²) in [6.07, 6.45) is -1.11. The van der Waals surface area contributed by atoms with Crippen LogP contribution in [0.1, 0.15) is 5.56 Å². The summed E-state index contributed by atoms with van der Waals surface area (Å²) in [6.45, 7) is 1.58. The molecule has 0 saturated carbocycles. The molecule has 0 aromatic heterocycles. The molecule has 0 radical (unpaired) electrons. The molecule has 74 valence electrons. The first kappa shape index (κ1) is 10.5. The van der Waals surface area contributed by atoms with Crippen molar-refractivity contribution < 1.29 is 18.9 Å². The van der Waals surface area contributed by atoms with Crippen molar-refractivity contribution in [1.82, 2.24) is 0 Å². The van der Waals surface area contributed by atoms with Gasteiger partial charge in [-0.15, -0.1) is 0 Å². The lowest BCUT2D eigenvalue weighted by Crippen LogP contribution is -2.37. The van der Waals surface area contributed by atoms with Gasteiger partial charge in [0, 0.05) is 0 Å². The van der Waals surface area contributed by atoms with Gasteiger partial charge in [-0.1, -0.05) is 12.1 Å². The monoisotopic (exact) mass is 197 g/mol. The van der Waals surface area contributed by atoms with E-state index in [1.54, 1.807) is 6.92 Å². The van der Waals surface area contributed by atoms with Crippen LogP contribution in [0.5, 0.6) is 0 Å². The van der Waals surface area contributed by atoms with E-state index < -0.39 is 19.0 Å². The van der Waals surface area contributed by atoms with Gasteiger partial charge in [-0.25, -0.2) is 9.18 Å². The average molecular weight is 197 g/mol. The summed E-state index contributed by atoms with van der Waals surface area (Å²) < 4.78 is 17.3. The number of primary amides is 1. The fraction of sp³-hybridized carbons (Fsp3) is 0.125. The summed E-state index contributed by atoms with van der Waals surface area (Å²) >= 11 is 0. The van der Waals surface area contributed by atoms with Gasteiger partial charge < -0.3 is 15.4 Å². The second-order valence-electron chi connectivity index (χ2n) is 2.80. The number of hydrogen-bond donors (Lipinski definition) is 2. The lowest BCUT2D eigenvalue weighted by atomic mass is 9.79. The highest BCUT2D eigenvalue weighted by molar-refractivity contribution is 6.61. The van der Waals surface area contributed by atoms with Crippen LogP contribution in [0.4, 0.5) is 9.18 Å². The third-order valence-corrected chi connectivity index (χ3v) is 1.71. The molecule has 0 bridgehead atoms. The van der Waals surface area contributed by atoms with Gasteiger partial charge in [0.05, 0.1) is 0 Å². The van der Waals surface area contributed by atoms with Gasteiger partial charge in [0.15, 0.2) is 0 Å². The molecule has 1 amide bonds. The van der Waals surface area contributed by atoms with Crippen molar-refractivity contribution in [3.05, 3.63) is 29.6 Å². The van der Waals surface area contributed by atoms with Crippen LogP contribution in [0.25, 0.3) is 0 Å². The van der Waals surface area contributed by atoms with Crippen LogP contribution in [0.2, 0.25) is 0 Å². The van der Waals surface area contributed by atoms with Gasteiger partial charge in [-0.05, 0) is 24.0 Å². The maximum atomic E-state index is 13.0. The minimum absolute atomic E-state index is 0.145. The second kappa shape index (κ2) is 4.10. The van der Waals surface area contributed by atoms with Crippen molar-refractivity contribution in [3.8, 4) is 0 Å². The highest BCUT2D eigenvalue weighted by Crippen LogP contribution is 2.02. The topological polar surface area (TPSA) is 72.6 Å². The summed E-state index contributed by atoms with van der Waals surface area (Å²) in [5.41, 5.74) is 5.27. The number of nitrogens with two attached hydrogens (primary N) is 1. The van der Waals surface area contributed by atoms with Crippen molar-refractivity contribution in [2.45, 2.75) is 6.92 Å². The van der Waals surface area contributed by atoms with E-state index in [2.05, 4.69) is 10.4 Å². The normalized spacial score (nSPS) is 9.64. The molecule has 0 aliphatic carbocycles. The number of amides is 1. The smallest absolute Gasteiger partial charge is 0.489 e. The average Bonchev–Trinajstić information content (AvgIpc) is 2.08. The Labute approximate surface area is 80.6 Å². The fourth-order valence-electron chi connectivity index (χ4n) is 0.941. The molecule has 0 unspecified atom stereocenters. The molecule has 1 aromatic rings. The van der Waals surface area contributed by atoms with Crippen LogP contribution >= 0.6 is 0 Å². The summed E-state index contributed by atoms with van der Waals surface area (Å²) in [4.78, 5) is 10.3. The molecule has 0 heterocycles. The molecule has 0 spiro atoms. The fourth-order valence-corrected chi connectivity index (χ4v) is 0.941. The van der Waals surface area contributed by atoms with Crippen LogP contribution in [-0.4, -0.2) is 18.2 Å². The van der Waals surface area contributed by atoms with Crippen LogP contribution in [0.15, 0.2) is 18.2 Å². The van der Waals surface area contributed by atoms with Gasteiger partial charge in [-0.2, -0.15) is 0 Å². The Bertz CT molecular complexity index is 358. The molecule has 0 atom stereocenters. The third kappa shape index (κ3) is 2.46. The Hall–Kier alpha value is -1.56. The molecule has 1 aromatic carbocycles. The Balaban J connectivity index is 2.85. The highest BCUT2D eigenvalue weighted by Gasteiger charge is 2.21. The Kier molecular flexibility index (Phi) is 3.08. The SMILES string of the molecule is Cc1ccc(B(O)OC(N)=O)cc1F. The Morgan fingerprint density at radius 2 is 2.29 bits per heavy atom. The minimum Gasteiger partial charge on any atom is -0.489 e. The predicted octanol–water partition coefficient (Wildman–Crippen LogP) is -0.0831. The molecule has 4 nitrogen and oxygen atoms in total. The number of hydrogen-bond acceptors (Lipinski definition) is 3. The molecule has 0 aliphatic heterocycles. The van der Waals surface area contributed by atoms with Crippen molar-refractivity contribution >= 4 is 18.7 Å². The van der Waals surface area contributed by atoms with E-state index >= 15 is 0 Å². The first-order chi connectivity index (χ1) is 6.50. The van der Waals surface area contributed by atoms with Crippen LogP contribution < -0.4 is 11.2 Å². The van der Waals surface area contributed by atoms with Crippen molar-refractivity contribution in [3.63, 3.8) is 0 Å². The molecule has 6 heteroatoms. The number of benzene rings is 1. The van der Waals surface area contributed by atoms with E-state index in [9.17, 15) is 14.2 Å². The number of carbonyl (C=O) groups is 1. The highest BCUT2D eigenvalue weighted by atomic mass is 19.1. The van der Waals surface area contributed by atoms with Gasteiger partial charge in [0.25, 0.3) is 0 Å². The zero-order valence-corrected chi connectivity index (χ0v) is 7.53. The van der Waals surface area contributed by atoms with E-state index in [0.29, 0.717) is 5.56 Å². The molecular weight excluding hydrogens is 188 g/mol. The molecule has 0 saturated heterocycles. The van der Waals surface area contributed by atoms with Gasteiger partial charge >= 0.3 is 13.2 Å². The number of aryl methyl sites for hydroxylation is 1. The maximum Gasteiger partial charge on any atom is 0.563 e. The van der Waals surface area contributed by atoms with E-state index in [0.717, 1.165) is 6.07 Å². The minimum atomic E-state index is -1.53. The Morgan fingerprint density at radius 1 is 1.64 bits per heavy atom. The van der Waals surface area contributed by atoms with E-state index in [4.69, 9.17) is 0 Å². The van der Waals surface area contributed by atoms with Crippen molar-refractivity contribution in [2.24, 2.45) is 5.73 Å². The van der Waals surface area contributed by atoms with Crippen LogP contribution in [-0.2, 0) is 4.65 Å². The van der Waals surface area contributed by atoms with Gasteiger partial charge in [-0.3, -0.25) is 0 Å². The molecule has 14 heavy (non-hydrogen) atoms. The van der Waals surface area contributed by atoms with Crippen LogP contribution in [0.3, 0.4) is 0 Å². The predicted molar refractivity (Wildman–Crippen MR) is 49.4 cm³/mol. The summed E-state index contributed by atoms with van der Waals surface area (Å²) in [6, 6.07) is 4.01. The molecular formula is C8H9BFNO3. The van der Waals surface area contributed by atoms with Crippen molar-refractivity contribution in [2.75, 3.05) is 0 Å². The zero-order chi connectivity index (χ0) is 10.7. The number of halogens is 1. The Morgan fingerprint density at radius 3 is 2.79 bits per heavy atom. The molecule has 3 N–H and O–H groups in total. The summed E-state index contributed by atoms with van der Waals surface area (Å²) in [5, 5.41) is 9.22. The standard InChI is InChI=1S/C8H9BFNO3/c1-5-2-3-6(4-7(5)10)9(13)14-8(11)12/h2-4,13H,1H3,(H2,11,12). The number of carbonyl (C=O) groups excluding carboxylic acids is 1. The zero-order valence-electron chi connectivity index (χ0n) is 7.53. The van der Waals surface area contributed by atoms with Gasteiger partial charge in [0.2, 0.25) is 0 Å². The second-order valence-corrected chi connectivity index (χ2v) is 2.80. The first-order valence-corrected chi connectivity index (χ1v) is 3.91. The van der Waals surface area contributed by atoms with Gasteiger partial charge in [0.1, 0.15) is 5.82 Å². The molecule has 0 fully saturated rings. The lowest BCUT2D eigenvalue weighted by Gasteiger charge is -2.06. The largest absolute Gasteiger partial charge is 0.563 e. The van der Waals surface area contributed by atoms with E-state index in [1.165, 1.54) is 12.1 Å². The first-order valence-electron chi connectivity index (χ1n) is 3.91. The lowest BCUT2D eigenvalue weighted by molar-refractivity contribution is 0.203.